The molecule has 6 nitrogen and oxygen atoms in total. The maximum atomic E-state index is 12.6. The molecule has 8 heteroatoms. The molecule has 0 saturated carbocycles. The van der Waals surface area contributed by atoms with Gasteiger partial charge in [0.15, 0.2) is 5.56 Å². The monoisotopic (exact) mass is 337 g/mol. The molecule has 0 aliphatic heterocycles. The van der Waals surface area contributed by atoms with Crippen molar-refractivity contribution < 1.29 is 18.3 Å². The fourth-order valence-corrected chi connectivity index (χ4v) is 2.64. The lowest BCUT2D eigenvalue weighted by atomic mass is 10.0. The zero-order valence-electron chi connectivity index (χ0n) is 13.5. The van der Waals surface area contributed by atoms with Crippen LogP contribution < -0.4 is 11.3 Å². The van der Waals surface area contributed by atoms with Crippen LogP contribution in [0, 0.1) is 13.8 Å². The van der Waals surface area contributed by atoms with Gasteiger partial charge in [-0.05, 0) is 30.5 Å². The minimum atomic E-state index is -2.46. The van der Waals surface area contributed by atoms with E-state index in [0.717, 1.165) is 7.11 Å². The molecule has 1 heterocycles. The van der Waals surface area contributed by atoms with Crippen LogP contribution in [0.4, 0.5) is 14.6 Å². The molecule has 0 fully saturated rings. The van der Waals surface area contributed by atoms with Gasteiger partial charge in [-0.3, -0.25) is 9.36 Å². The Morgan fingerprint density at radius 3 is 2.42 bits per heavy atom. The minimum absolute atomic E-state index is 0.229. The van der Waals surface area contributed by atoms with Crippen molar-refractivity contribution in [1.82, 2.24) is 9.55 Å². The molecule has 24 heavy (non-hydrogen) atoms. The van der Waals surface area contributed by atoms with E-state index in [1.807, 2.05) is 0 Å². The Morgan fingerprint density at radius 1 is 1.33 bits per heavy atom. The highest BCUT2D eigenvalue weighted by atomic mass is 19.3. The fourth-order valence-electron chi connectivity index (χ4n) is 2.64. The van der Waals surface area contributed by atoms with Crippen LogP contribution in [0.1, 0.15) is 27.0 Å². The number of aryl methyl sites for hydroxylation is 2. The molecule has 0 amide bonds. The Hall–Kier alpha value is -2.77. The number of nitrogen functional groups attached to an aromatic ring is 1. The summed E-state index contributed by atoms with van der Waals surface area (Å²) in [6.07, 6.45) is -1.63. The fraction of sp³-hybridized carbons (Fsp3) is 0.312. The first kappa shape index (κ1) is 17.6. The molecular formula is C16H17F2N3O3. The van der Waals surface area contributed by atoms with Crippen molar-refractivity contribution in [3.63, 3.8) is 0 Å². The van der Waals surface area contributed by atoms with Crippen molar-refractivity contribution in [3.05, 3.63) is 51.1 Å². The smallest absolute Gasteiger partial charge is 0.347 e. The molecule has 1 aromatic heterocycles. The number of rotatable bonds is 4. The number of anilines is 1. The van der Waals surface area contributed by atoms with Crippen molar-refractivity contribution in [1.29, 1.82) is 0 Å². The molecule has 128 valence electrons. The number of nitrogens with zero attached hydrogens (tertiary/aromatic N) is 2. The van der Waals surface area contributed by atoms with E-state index in [9.17, 15) is 18.4 Å². The number of methoxy groups -OCH3 is 1. The number of hydrogen-bond acceptors (Lipinski definition) is 5. The molecule has 2 rings (SSSR count). The van der Waals surface area contributed by atoms with Crippen molar-refractivity contribution in [2.24, 2.45) is 0 Å². The second-order valence-electron chi connectivity index (χ2n) is 5.34. The first-order chi connectivity index (χ1) is 11.3. The number of ether oxygens (including phenoxy) is 1. The Labute approximate surface area is 136 Å². The van der Waals surface area contributed by atoms with Gasteiger partial charge in [0, 0.05) is 6.42 Å². The van der Waals surface area contributed by atoms with Gasteiger partial charge in [0.05, 0.1) is 12.8 Å². The first-order valence-corrected chi connectivity index (χ1v) is 7.10. The lowest BCUT2D eigenvalue weighted by Crippen LogP contribution is -2.29. The van der Waals surface area contributed by atoms with E-state index >= 15 is 0 Å². The van der Waals surface area contributed by atoms with Crippen LogP contribution in [0.2, 0.25) is 0 Å². The van der Waals surface area contributed by atoms with E-state index in [4.69, 9.17) is 5.73 Å². The third kappa shape index (κ3) is 3.27. The normalized spacial score (nSPS) is 10.9. The predicted molar refractivity (Wildman–Crippen MR) is 84.8 cm³/mol. The number of hydrogen-bond donors (Lipinski definition) is 1. The molecule has 0 bridgehead atoms. The Balaban J connectivity index is 2.65. The third-order valence-electron chi connectivity index (χ3n) is 3.57. The lowest BCUT2D eigenvalue weighted by Gasteiger charge is -2.15. The third-order valence-corrected chi connectivity index (χ3v) is 3.57. The van der Waals surface area contributed by atoms with Gasteiger partial charge in [-0.15, -0.1) is 0 Å². The first-order valence-electron chi connectivity index (χ1n) is 7.10. The Kier molecular flexibility index (Phi) is 4.96. The van der Waals surface area contributed by atoms with Crippen LogP contribution in [0.15, 0.2) is 23.3 Å². The zero-order chi connectivity index (χ0) is 18.0. The Bertz CT molecular complexity index is 824. The SMILES string of the molecule is COC(=O)c1c(N)ncn(-c2c(C)cc(CC(F)F)cc2C)c1=O. The number of carbonyl (C=O) groups is 1. The molecule has 0 spiro atoms. The molecular weight excluding hydrogens is 320 g/mol. The van der Waals surface area contributed by atoms with E-state index in [2.05, 4.69) is 9.72 Å². The molecule has 1 aromatic carbocycles. The maximum absolute atomic E-state index is 12.6. The summed E-state index contributed by atoms with van der Waals surface area (Å²) in [6, 6.07) is 3.16. The van der Waals surface area contributed by atoms with Gasteiger partial charge in [0.25, 0.3) is 5.56 Å². The standard InChI is InChI=1S/C16H17F2N3O3/c1-8-4-10(6-11(17)18)5-9(2)13(8)21-7-20-14(19)12(15(21)22)16(23)24-3/h4-5,7,11H,6,19H2,1-3H3. The van der Waals surface area contributed by atoms with Gasteiger partial charge in [-0.25, -0.2) is 18.6 Å². The molecule has 0 saturated heterocycles. The van der Waals surface area contributed by atoms with Crippen LogP contribution in [-0.2, 0) is 11.2 Å². The minimum Gasteiger partial charge on any atom is -0.465 e. The number of halogens is 2. The van der Waals surface area contributed by atoms with Gasteiger partial charge in [0.2, 0.25) is 6.43 Å². The largest absolute Gasteiger partial charge is 0.465 e. The molecule has 0 unspecified atom stereocenters. The van der Waals surface area contributed by atoms with Crippen molar-refractivity contribution in [3.8, 4) is 5.69 Å². The summed E-state index contributed by atoms with van der Waals surface area (Å²) in [5.74, 6) is -1.11. The van der Waals surface area contributed by atoms with Crippen LogP contribution in [-0.4, -0.2) is 29.1 Å². The summed E-state index contributed by atoms with van der Waals surface area (Å²) in [7, 11) is 1.13. The second kappa shape index (κ2) is 6.77. The van der Waals surface area contributed by atoms with E-state index in [-0.39, 0.29) is 17.8 Å². The number of esters is 1. The van der Waals surface area contributed by atoms with E-state index in [0.29, 0.717) is 22.4 Å². The Morgan fingerprint density at radius 2 is 1.92 bits per heavy atom. The predicted octanol–water partition coefficient (Wildman–Crippen LogP) is 2.03. The van der Waals surface area contributed by atoms with Gasteiger partial charge >= 0.3 is 5.97 Å². The van der Waals surface area contributed by atoms with Crippen molar-refractivity contribution in [2.75, 3.05) is 12.8 Å². The number of nitrogens with two attached hydrogens (primary N) is 1. The van der Waals surface area contributed by atoms with Crippen LogP contribution in [0.25, 0.3) is 5.69 Å². The average molecular weight is 337 g/mol. The topological polar surface area (TPSA) is 87.2 Å². The highest BCUT2D eigenvalue weighted by Gasteiger charge is 2.20. The highest BCUT2D eigenvalue weighted by Crippen LogP contribution is 2.22. The molecule has 2 aromatic rings. The lowest BCUT2D eigenvalue weighted by molar-refractivity contribution is 0.0599. The van der Waals surface area contributed by atoms with Crippen molar-refractivity contribution >= 4 is 11.8 Å². The van der Waals surface area contributed by atoms with Gasteiger partial charge in [0.1, 0.15) is 12.1 Å². The molecule has 0 aliphatic carbocycles. The number of carbonyl (C=O) groups excluding carboxylic acids is 1. The van der Waals surface area contributed by atoms with Gasteiger partial charge in [-0.1, -0.05) is 12.1 Å². The van der Waals surface area contributed by atoms with E-state index < -0.39 is 18.0 Å². The summed E-state index contributed by atoms with van der Waals surface area (Å²) < 4.78 is 30.9. The van der Waals surface area contributed by atoms with Gasteiger partial charge < -0.3 is 10.5 Å². The second-order valence-corrected chi connectivity index (χ2v) is 5.34. The zero-order valence-corrected chi connectivity index (χ0v) is 13.5. The molecule has 0 atom stereocenters. The van der Waals surface area contributed by atoms with Crippen LogP contribution >= 0.6 is 0 Å². The molecule has 0 aliphatic rings. The summed E-state index contributed by atoms with van der Waals surface area (Å²) >= 11 is 0. The quantitative estimate of drug-likeness (QED) is 0.863. The maximum Gasteiger partial charge on any atom is 0.347 e. The number of aromatic nitrogens is 2. The van der Waals surface area contributed by atoms with Crippen molar-refractivity contribution in [2.45, 2.75) is 26.7 Å². The highest BCUT2D eigenvalue weighted by molar-refractivity contribution is 5.93. The summed E-state index contributed by atoms with van der Waals surface area (Å²) in [5.41, 5.74) is 6.69. The van der Waals surface area contributed by atoms with Gasteiger partial charge in [-0.2, -0.15) is 0 Å². The van der Waals surface area contributed by atoms with E-state index in [1.54, 1.807) is 26.0 Å². The number of alkyl halides is 2. The van der Waals surface area contributed by atoms with Crippen LogP contribution in [0.5, 0.6) is 0 Å². The summed E-state index contributed by atoms with van der Waals surface area (Å²) in [5, 5.41) is 0. The number of benzene rings is 1. The van der Waals surface area contributed by atoms with Crippen LogP contribution in [0.3, 0.4) is 0 Å². The summed E-state index contributed by atoms with van der Waals surface area (Å²) in [6.45, 7) is 3.38. The summed E-state index contributed by atoms with van der Waals surface area (Å²) in [4.78, 5) is 28.2. The average Bonchev–Trinajstić information content (AvgIpc) is 2.47. The molecule has 2 N–H and O–H groups in total. The van der Waals surface area contributed by atoms with E-state index in [1.165, 1.54) is 10.9 Å². The molecule has 0 radical (unpaired) electrons.